The molecular formula is C18H27NO4. The van der Waals surface area contributed by atoms with Crippen LogP contribution in [-0.4, -0.2) is 53.1 Å². The minimum absolute atomic E-state index is 0.156. The zero-order chi connectivity index (χ0) is 16.8. The number of nitrogens with zero attached hydrogens (tertiary/aromatic N) is 1. The molecule has 2 aliphatic heterocycles. The van der Waals surface area contributed by atoms with Crippen LogP contribution in [0.5, 0.6) is 11.5 Å². The highest BCUT2D eigenvalue weighted by Gasteiger charge is 2.40. The number of phenols is 1. The van der Waals surface area contributed by atoms with Gasteiger partial charge in [0, 0.05) is 19.1 Å². The van der Waals surface area contributed by atoms with E-state index >= 15 is 0 Å². The third-order valence-corrected chi connectivity index (χ3v) is 4.72. The molecule has 0 saturated carbocycles. The van der Waals surface area contributed by atoms with Gasteiger partial charge in [-0.05, 0) is 56.9 Å². The van der Waals surface area contributed by atoms with Crippen LogP contribution in [0.4, 0.5) is 0 Å². The van der Waals surface area contributed by atoms with Crippen molar-refractivity contribution >= 4 is 0 Å². The molecule has 2 heterocycles. The summed E-state index contributed by atoms with van der Waals surface area (Å²) in [4.78, 5) is 2.38. The standard InChI is InChI=1S/C18H27NO4/c1-18(2,3)23-17-10-19-6-5-11-7-14(20)16(22-4)8-12(11)13(19)9-15(17)21/h7-8,13,15,17,20-21H,5-6,9-10H2,1-4H3. The Labute approximate surface area is 137 Å². The molecule has 3 rings (SSSR count). The Kier molecular flexibility index (Phi) is 4.29. The Balaban J connectivity index is 1.85. The van der Waals surface area contributed by atoms with Gasteiger partial charge >= 0.3 is 0 Å². The monoisotopic (exact) mass is 321 g/mol. The van der Waals surface area contributed by atoms with E-state index in [9.17, 15) is 10.2 Å². The largest absolute Gasteiger partial charge is 0.504 e. The highest BCUT2D eigenvalue weighted by atomic mass is 16.5. The minimum Gasteiger partial charge on any atom is -0.504 e. The van der Waals surface area contributed by atoms with Crippen molar-refractivity contribution in [2.75, 3.05) is 20.2 Å². The molecule has 0 radical (unpaired) electrons. The van der Waals surface area contributed by atoms with Gasteiger partial charge in [0.2, 0.25) is 0 Å². The highest BCUT2D eigenvalue weighted by Crippen LogP contribution is 2.42. The Morgan fingerprint density at radius 2 is 2.00 bits per heavy atom. The molecule has 0 amide bonds. The summed E-state index contributed by atoms with van der Waals surface area (Å²) < 4.78 is 11.3. The molecular weight excluding hydrogens is 294 g/mol. The lowest BCUT2D eigenvalue weighted by Gasteiger charge is -2.46. The zero-order valence-electron chi connectivity index (χ0n) is 14.4. The maximum Gasteiger partial charge on any atom is 0.160 e. The van der Waals surface area contributed by atoms with E-state index in [0.29, 0.717) is 12.2 Å². The number of aromatic hydroxyl groups is 1. The van der Waals surface area contributed by atoms with Crippen molar-refractivity contribution in [3.05, 3.63) is 23.3 Å². The van der Waals surface area contributed by atoms with Crippen molar-refractivity contribution in [2.24, 2.45) is 0 Å². The average Bonchev–Trinajstić information content (AvgIpc) is 2.46. The molecule has 5 heteroatoms. The van der Waals surface area contributed by atoms with Crippen LogP contribution in [0, 0.1) is 0 Å². The number of hydrogen-bond donors (Lipinski definition) is 2. The Morgan fingerprint density at radius 3 is 2.65 bits per heavy atom. The van der Waals surface area contributed by atoms with Gasteiger partial charge in [0.15, 0.2) is 11.5 Å². The summed E-state index contributed by atoms with van der Waals surface area (Å²) in [7, 11) is 1.56. The first-order chi connectivity index (χ1) is 10.8. The van der Waals surface area contributed by atoms with E-state index in [1.165, 1.54) is 0 Å². The van der Waals surface area contributed by atoms with E-state index in [0.717, 1.165) is 30.6 Å². The van der Waals surface area contributed by atoms with Gasteiger partial charge in [-0.1, -0.05) is 0 Å². The van der Waals surface area contributed by atoms with E-state index in [1.54, 1.807) is 13.2 Å². The van der Waals surface area contributed by atoms with Crippen molar-refractivity contribution in [1.82, 2.24) is 4.90 Å². The topological polar surface area (TPSA) is 62.2 Å². The number of rotatable bonds is 2. The van der Waals surface area contributed by atoms with Gasteiger partial charge in [-0.3, -0.25) is 4.90 Å². The van der Waals surface area contributed by atoms with Crippen molar-refractivity contribution < 1.29 is 19.7 Å². The van der Waals surface area contributed by atoms with Crippen LogP contribution in [0.2, 0.25) is 0 Å². The summed E-state index contributed by atoms with van der Waals surface area (Å²) in [5.41, 5.74) is 2.03. The van der Waals surface area contributed by atoms with Crippen molar-refractivity contribution in [1.29, 1.82) is 0 Å². The summed E-state index contributed by atoms with van der Waals surface area (Å²) in [6.07, 6.45) is 0.886. The van der Waals surface area contributed by atoms with Crippen LogP contribution < -0.4 is 4.74 Å². The molecule has 23 heavy (non-hydrogen) atoms. The fourth-order valence-corrected chi connectivity index (χ4v) is 3.73. The molecule has 2 aliphatic rings. The number of piperidine rings is 1. The first-order valence-electron chi connectivity index (χ1n) is 8.28. The second-order valence-corrected chi connectivity index (χ2v) is 7.56. The van der Waals surface area contributed by atoms with Crippen molar-refractivity contribution in [2.45, 2.75) is 57.5 Å². The van der Waals surface area contributed by atoms with Gasteiger partial charge in [-0.2, -0.15) is 0 Å². The summed E-state index contributed by atoms with van der Waals surface area (Å²) in [6, 6.07) is 3.87. The van der Waals surface area contributed by atoms with Gasteiger partial charge in [0.1, 0.15) is 0 Å². The number of methoxy groups -OCH3 is 1. The number of fused-ring (bicyclic) bond motifs is 3. The van der Waals surface area contributed by atoms with Gasteiger partial charge in [0.05, 0.1) is 24.9 Å². The Hall–Kier alpha value is -1.30. The molecule has 5 nitrogen and oxygen atoms in total. The Bertz CT molecular complexity index is 581. The van der Waals surface area contributed by atoms with E-state index in [2.05, 4.69) is 4.90 Å². The summed E-state index contributed by atoms with van der Waals surface area (Å²) >= 11 is 0. The van der Waals surface area contributed by atoms with Crippen LogP contribution in [0.15, 0.2) is 12.1 Å². The number of hydrogen-bond acceptors (Lipinski definition) is 5. The molecule has 2 N–H and O–H groups in total. The molecule has 1 aromatic rings. The summed E-state index contributed by atoms with van der Waals surface area (Å²) in [5, 5.41) is 20.5. The predicted molar refractivity (Wildman–Crippen MR) is 87.9 cm³/mol. The lowest BCUT2D eigenvalue weighted by molar-refractivity contribution is -0.149. The van der Waals surface area contributed by atoms with Gasteiger partial charge in [-0.15, -0.1) is 0 Å². The molecule has 0 spiro atoms. The molecule has 3 atom stereocenters. The molecule has 3 unspecified atom stereocenters. The maximum absolute atomic E-state index is 10.5. The summed E-state index contributed by atoms with van der Waals surface area (Å²) in [6.45, 7) is 7.70. The SMILES string of the molecule is COc1cc2c(cc1O)CCN1CC(OC(C)(C)C)C(O)CC21. The molecule has 0 aliphatic carbocycles. The molecule has 0 aromatic heterocycles. The smallest absolute Gasteiger partial charge is 0.160 e. The molecule has 0 bridgehead atoms. The predicted octanol–water partition coefficient (Wildman–Crippen LogP) is 2.25. The second-order valence-electron chi connectivity index (χ2n) is 7.56. The lowest BCUT2D eigenvalue weighted by atomic mass is 9.84. The Morgan fingerprint density at radius 1 is 1.26 bits per heavy atom. The molecule has 1 saturated heterocycles. The first-order valence-corrected chi connectivity index (χ1v) is 8.28. The number of phenolic OH excluding ortho intramolecular Hbond substituents is 1. The van der Waals surface area contributed by atoms with Crippen LogP contribution >= 0.6 is 0 Å². The molecule has 1 aromatic carbocycles. The zero-order valence-corrected chi connectivity index (χ0v) is 14.4. The van der Waals surface area contributed by atoms with Gasteiger partial charge in [0.25, 0.3) is 0 Å². The van der Waals surface area contributed by atoms with E-state index in [4.69, 9.17) is 9.47 Å². The van der Waals surface area contributed by atoms with Crippen molar-refractivity contribution in [3.63, 3.8) is 0 Å². The number of aliphatic hydroxyl groups excluding tert-OH is 1. The quantitative estimate of drug-likeness (QED) is 0.875. The highest BCUT2D eigenvalue weighted by molar-refractivity contribution is 5.48. The number of ether oxygens (including phenoxy) is 2. The first kappa shape index (κ1) is 16.6. The molecule has 128 valence electrons. The second kappa shape index (κ2) is 5.96. The number of aliphatic hydroxyl groups is 1. The van der Waals surface area contributed by atoms with Crippen molar-refractivity contribution in [3.8, 4) is 11.5 Å². The molecule has 1 fully saturated rings. The van der Waals surface area contributed by atoms with Gasteiger partial charge < -0.3 is 19.7 Å². The van der Waals surface area contributed by atoms with E-state index < -0.39 is 6.10 Å². The third-order valence-electron chi connectivity index (χ3n) is 4.72. The van der Waals surface area contributed by atoms with Crippen LogP contribution in [0.1, 0.15) is 44.4 Å². The number of benzene rings is 1. The fourth-order valence-electron chi connectivity index (χ4n) is 3.73. The van der Waals surface area contributed by atoms with E-state index in [1.807, 2.05) is 26.8 Å². The average molecular weight is 321 g/mol. The fraction of sp³-hybridized carbons (Fsp3) is 0.667. The summed E-state index contributed by atoms with van der Waals surface area (Å²) in [5.74, 6) is 0.679. The lowest BCUT2D eigenvalue weighted by Crippen LogP contribution is -2.53. The van der Waals surface area contributed by atoms with Gasteiger partial charge in [-0.25, -0.2) is 0 Å². The van der Waals surface area contributed by atoms with Crippen LogP contribution in [-0.2, 0) is 11.2 Å². The van der Waals surface area contributed by atoms with E-state index in [-0.39, 0.29) is 23.5 Å². The maximum atomic E-state index is 10.5. The van der Waals surface area contributed by atoms with Crippen LogP contribution in [0.3, 0.4) is 0 Å². The normalized spacial score (nSPS) is 28.1. The third kappa shape index (κ3) is 3.32. The van der Waals surface area contributed by atoms with Crippen LogP contribution in [0.25, 0.3) is 0 Å². The minimum atomic E-state index is -0.485.